The minimum atomic E-state index is -0.318. The number of rotatable bonds is 5. The number of fused-ring (bicyclic) bond motifs is 1. The van der Waals surface area contributed by atoms with Crippen LogP contribution in [0.2, 0.25) is 0 Å². The third-order valence-corrected chi connectivity index (χ3v) is 5.80. The summed E-state index contributed by atoms with van der Waals surface area (Å²) in [6.45, 7) is 0.152. The Bertz CT molecular complexity index is 739. The molecule has 1 saturated carbocycles. The molecule has 3 amide bonds. The first kappa shape index (κ1) is 16.8. The SMILES string of the molecule is COc1ccc(CNC(=O)CN2C(=O)C3C4C=CC(CC4)C3C2=O)cc1. The molecule has 1 heterocycles. The molecule has 0 spiro atoms. The molecule has 2 fully saturated rings. The van der Waals surface area contributed by atoms with Gasteiger partial charge in [-0.1, -0.05) is 24.3 Å². The Balaban J connectivity index is 1.37. The predicted octanol–water partition coefficient (Wildman–Crippen LogP) is 1.51. The van der Waals surface area contributed by atoms with Crippen LogP contribution in [0.25, 0.3) is 0 Å². The van der Waals surface area contributed by atoms with Crippen molar-refractivity contribution < 1.29 is 19.1 Å². The largest absolute Gasteiger partial charge is 0.497 e. The molecule has 0 aromatic heterocycles. The van der Waals surface area contributed by atoms with Crippen molar-refractivity contribution in [1.29, 1.82) is 0 Å². The summed E-state index contributed by atoms with van der Waals surface area (Å²) in [5.74, 6) is -0.165. The number of methoxy groups -OCH3 is 1. The molecule has 1 aromatic rings. The summed E-state index contributed by atoms with van der Waals surface area (Å²) >= 11 is 0. The number of imide groups is 1. The fraction of sp³-hybridized carbons (Fsp3) is 0.450. The summed E-state index contributed by atoms with van der Waals surface area (Å²) in [5.41, 5.74) is 0.925. The van der Waals surface area contributed by atoms with Crippen molar-refractivity contribution in [3.8, 4) is 5.75 Å². The van der Waals surface area contributed by atoms with Crippen LogP contribution in [0, 0.1) is 23.7 Å². The number of benzene rings is 1. The van der Waals surface area contributed by atoms with Gasteiger partial charge >= 0.3 is 0 Å². The van der Waals surface area contributed by atoms with Gasteiger partial charge < -0.3 is 10.1 Å². The molecule has 1 aromatic carbocycles. The van der Waals surface area contributed by atoms with Crippen molar-refractivity contribution >= 4 is 17.7 Å². The zero-order valence-corrected chi connectivity index (χ0v) is 14.7. The normalized spacial score (nSPS) is 29.0. The molecule has 26 heavy (non-hydrogen) atoms. The van der Waals surface area contributed by atoms with Crippen LogP contribution in [0.1, 0.15) is 18.4 Å². The number of carbonyl (C=O) groups excluding carboxylic acids is 3. The highest BCUT2D eigenvalue weighted by molar-refractivity contribution is 6.08. The van der Waals surface area contributed by atoms with Crippen LogP contribution < -0.4 is 10.1 Å². The van der Waals surface area contributed by atoms with Crippen molar-refractivity contribution in [3.05, 3.63) is 42.0 Å². The molecule has 136 valence electrons. The van der Waals surface area contributed by atoms with Gasteiger partial charge in [0, 0.05) is 6.54 Å². The number of amides is 3. The van der Waals surface area contributed by atoms with E-state index in [9.17, 15) is 14.4 Å². The van der Waals surface area contributed by atoms with E-state index in [2.05, 4.69) is 17.5 Å². The van der Waals surface area contributed by atoms with Gasteiger partial charge in [0.2, 0.25) is 17.7 Å². The number of nitrogens with one attached hydrogen (secondary N) is 1. The van der Waals surface area contributed by atoms with E-state index in [1.165, 1.54) is 0 Å². The standard InChI is InChI=1S/C20H22N2O4/c1-26-15-8-2-12(3-9-15)10-21-16(23)11-22-19(24)17-13-4-5-14(7-6-13)18(17)20(22)25/h2-5,8-9,13-14,17-18H,6-7,10-11H2,1H3,(H,21,23). The maximum atomic E-state index is 12.7. The second-order valence-corrected chi connectivity index (χ2v) is 7.23. The van der Waals surface area contributed by atoms with Gasteiger partial charge in [-0.3, -0.25) is 19.3 Å². The van der Waals surface area contributed by atoms with Crippen molar-refractivity contribution in [3.63, 3.8) is 0 Å². The van der Waals surface area contributed by atoms with E-state index in [0.29, 0.717) is 6.54 Å². The third-order valence-electron chi connectivity index (χ3n) is 5.80. The quantitative estimate of drug-likeness (QED) is 0.642. The van der Waals surface area contributed by atoms with Crippen LogP contribution in [0.5, 0.6) is 5.75 Å². The lowest BCUT2D eigenvalue weighted by molar-refractivity contribution is -0.143. The van der Waals surface area contributed by atoms with E-state index in [4.69, 9.17) is 4.74 Å². The summed E-state index contributed by atoms with van der Waals surface area (Å²) in [4.78, 5) is 38.8. The molecule has 1 N–H and O–H groups in total. The minimum absolute atomic E-state index is 0.147. The molecule has 2 bridgehead atoms. The van der Waals surface area contributed by atoms with E-state index in [1.54, 1.807) is 7.11 Å². The number of ether oxygens (including phenoxy) is 1. The Morgan fingerprint density at radius 2 is 1.65 bits per heavy atom. The Morgan fingerprint density at radius 3 is 2.15 bits per heavy atom. The third kappa shape index (κ3) is 2.79. The number of nitrogens with zero attached hydrogens (tertiary/aromatic N) is 1. The Kier molecular flexibility index (Phi) is 4.26. The van der Waals surface area contributed by atoms with Crippen LogP contribution in [-0.2, 0) is 20.9 Å². The van der Waals surface area contributed by atoms with Crippen molar-refractivity contribution in [1.82, 2.24) is 10.2 Å². The van der Waals surface area contributed by atoms with Crippen molar-refractivity contribution in [2.75, 3.05) is 13.7 Å². The number of carbonyl (C=O) groups is 3. The molecule has 0 radical (unpaired) electrons. The highest BCUT2D eigenvalue weighted by Crippen LogP contribution is 2.49. The highest BCUT2D eigenvalue weighted by Gasteiger charge is 2.56. The average molecular weight is 354 g/mol. The van der Waals surface area contributed by atoms with Gasteiger partial charge in [-0.2, -0.15) is 0 Å². The Hall–Kier alpha value is -2.63. The van der Waals surface area contributed by atoms with Gasteiger partial charge in [-0.15, -0.1) is 0 Å². The Labute approximate surface area is 152 Å². The second kappa shape index (κ2) is 6.59. The summed E-state index contributed by atoms with van der Waals surface area (Å²) < 4.78 is 5.10. The van der Waals surface area contributed by atoms with Crippen LogP contribution in [-0.4, -0.2) is 36.3 Å². The lowest BCUT2D eigenvalue weighted by Crippen LogP contribution is -2.41. The summed E-state index contributed by atoms with van der Waals surface area (Å²) in [5, 5.41) is 2.78. The molecule has 1 aliphatic heterocycles. The first-order valence-electron chi connectivity index (χ1n) is 9.01. The fourth-order valence-electron chi connectivity index (χ4n) is 4.44. The van der Waals surface area contributed by atoms with Crippen LogP contribution in [0.4, 0.5) is 0 Å². The maximum absolute atomic E-state index is 12.7. The number of allylic oxidation sites excluding steroid dienone is 2. The van der Waals surface area contributed by atoms with Crippen LogP contribution in [0.15, 0.2) is 36.4 Å². The molecule has 4 aliphatic rings. The highest BCUT2D eigenvalue weighted by atomic mass is 16.5. The molecular formula is C20H22N2O4. The van der Waals surface area contributed by atoms with Gasteiger partial charge in [-0.25, -0.2) is 0 Å². The molecule has 4 atom stereocenters. The van der Waals surface area contributed by atoms with E-state index < -0.39 is 0 Å². The predicted molar refractivity (Wildman–Crippen MR) is 93.9 cm³/mol. The van der Waals surface area contributed by atoms with Crippen molar-refractivity contribution in [2.24, 2.45) is 23.7 Å². The first-order chi connectivity index (χ1) is 12.6. The summed E-state index contributed by atoms with van der Waals surface area (Å²) in [6.07, 6.45) is 6.07. The molecule has 5 rings (SSSR count). The molecule has 6 heteroatoms. The van der Waals surface area contributed by atoms with Gasteiger partial charge in [0.1, 0.15) is 12.3 Å². The molecule has 3 aliphatic carbocycles. The fourth-order valence-corrected chi connectivity index (χ4v) is 4.44. The lowest BCUT2D eigenvalue weighted by atomic mass is 9.63. The van der Waals surface area contributed by atoms with Crippen LogP contribution in [0.3, 0.4) is 0 Å². The number of likely N-dealkylation sites (tertiary alicyclic amines) is 1. The summed E-state index contributed by atoms with van der Waals surface area (Å²) in [6, 6.07) is 7.37. The van der Waals surface area contributed by atoms with Crippen molar-refractivity contribution in [2.45, 2.75) is 19.4 Å². The average Bonchev–Trinajstić information content (AvgIpc) is 2.95. The molecular weight excluding hydrogens is 332 g/mol. The number of hydrogen-bond donors (Lipinski definition) is 1. The monoisotopic (exact) mass is 354 g/mol. The molecule has 1 saturated heterocycles. The molecule has 6 nitrogen and oxygen atoms in total. The minimum Gasteiger partial charge on any atom is -0.497 e. The van der Waals surface area contributed by atoms with E-state index in [0.717, 1.165) is 29.1 Å². The zero-order valence-electron chi connectivity index (χ0n) is 14.7. The van der Waals surface area contributed by atoms with E-state index >= 15 is 0 Å². The van der Waals surface area contributed by atoms with Gasteiger partial charge in [0.05, 0.1) is 18.9 Å². The smallest absolute Gasteiger partial charge is 0.240 e. The van der Waals surface area contributed by atoms with Gasteiger partial charge in [-0.05, 0) is 42.4 Å². The topological polar surface area (TPSA) is 75.7 Å². The Morgan fingerprint density at radius 1 is 1.08 bits per heavy atom. The van der Waals surface area contributed by atoms with Gasteiger partial charge in [0.15, 0.2) is 0 Å². The van der Waals surface area contributed by atoms with Crippen LogP contribution >= 0.6 is 0 Å². The zero-order chi connectivity index (χ0) is 18.3. The second-order valence-electron chi connectivity index (χ2n) is 7.23. The maximum Gasteiger partial charge on any atom is 0.240 e. The van der Waals surface area contributed by atoms with E-state index in [1.807, 2.05) is 24.3 Å². The van der Waals surface area contributed by atoms with E-state index in [-0.39, 0.29) is 47.9 Å². The number of hydrogen-bond acceptors (Lipinski definition) is 4. The molecule has 4 unspecified atom stereocenters. The summed E-state index contributed by atoms with van der Waals surface area (Å²) in [7, 11) is 1.60. The first-order valence-corrected chi connectivity index (χ1v) is 9.01. The van der Waals surface area contributed by atoms with Gasteiger partial charge in [0.25, 0.3) is 0 Å². The lowest BCUT2D eigenvalue weighted by Gasteiger charge is -2.38.